The van der Waals surface area contributed by atoms with Crippen LogP contribution in [0.1, 0.15) is 16.7 Å². The highest BCUT2D eigenvalue weighted by molar-refractivity contribution is 9.08. The summed E-state index contributed by atoms with van der Waals surface area (Å²) < 4.78 is 11.1. The van der Waals surface area contributed by atoms with E-state index < -0.39 is 0 Å². The summed E-state index contributed by atoms with van der Waals surface area (Å²) in [5.74, 6) is 1.40. The monoisotopic (exact) mass is 365 g/mol. The van der Waals surface area contributed by atoms with Crippen LogP contribution in [0.5, 0.6) is 11.5 Å². The minimum absolute atomic E-state index is 0.305. The number of halogens is 2. The van der Waals surface area contributed by atoms with Gasteiger partial charge in [-0.05, 0) is 30.3 Å². The molecule has 2 aromatic carbocycles. The topological polar surface area (TPSA) is 42.2 Å². The second-order valence-electron chi connectivity index (χ2n) is 4.28. The Morgan fingerprint density at radius 1 is 1.24 bits per heavy atom. The van der Waals surface area contributed by atoms with Gasteiger partial charge in [0.05, 0.1) is 18.7 Å². The maximum Gasteiger partial charge on any atom is 0.125 e. The SMILES string of the molecule is COc1ccc(C#N)cc1COc1cccc(Cl)c1CBr. The van der Waals surface area contributed by atoms with Crippen LogP contribution >= 0.6 is 27.5 Å². The van der Waals surface area contributed by atoms with Crippen molar-refractivity contribution >= 4 is 27.5 Å². The van der Waals surface area contributed by atoms with Gasteiger partial charge < -0.3 is 9.47 Å². The molecule has 3 nitrogen and oxygen atoms in total. The third-order valence-electron chi connectivity index (χ3n) is 3.00. The molecule has 0 fully saturated rings. The zero-order valence-corrected chi connectivity index (χ0v) is 13.7. The molecule has 0 heterocycles. The Balaban J connectivity index is 2.24. The van der Waals surface area contributed by atoms with Crippen LogP contribution in [0.2, 0.25) is 5.02 Å². The van der Waals surface area contributed by atoms with Crippen LogP contribution < -0.4 is 9.47 Å². The van der Waals surface area contributed by atoms with E-state index in [0.29, 0.717) is 34.0 Å². The van der Waals surface area contributed by atoms with E-state index in [4.69, 9.17) is 26.3 Å². The normalized spacial score (nSPS) is 10.0. The van der Waals surface area contributed by atoms with Gasteiger partial charge in [-0.25, -0.2) is 0 Å². The molecule has 0 radical (unpaired) electrons. The lowest BCUT2D eigenvalue weighted by atomic mass is 10.1. The van der Waals surface area contributed by atoms with Gasteiger partial charge in [-0.3, -0.25) is 0 Å². The number of nitriles is 1. The molecule has 0 aliphatic heterocycles. The summed E-state index contributed by atoms with van der Waals surface area (Å²) in [6.07, 6.45) is 0. The molecular formula is C16H13BrClNO2. The number of hydrogen-bond donors (Lipinski definition) is 0. The van der Waals surface area contributed by atoms with Crippen LogP contribution in [0.15, 0.2) is 36.4 Å². The molecule has 0 spiro atoms. The van der Waals surface area contributed by atoms with Crippen LogP contribution in [0, 0.1) is 11.3 Å². The lowest BCUT2D eigenvalue weighted by molar-refractivity contribution is 0.294. The fourth-order valence-electron chi connectivity index (χ4n) is 1.92. The van der Waals surface area contributed by atoms with Gasteiger partial charge in [0.1, 0.15) is 18.1 Å². The first kappa shape index (κ1) is 15.7. The summed E-state index contributed by atoms with van der Waals surface area (Å²) in [6.45, 7) is 0.305. The number of benzene rings is 2. The van der Waals surface area contributed by atoms with Gasteiger partial charge in [0.25, 0.3) is 0 Å². The average molecular weight is 367 g/mol. The maximum absolute atomic E-state index is 8.97. The van der Waals surface area contributed by atoms with E-state index in [-0.39, 0.29) is 0 Å². The molecule has 0 atom stereocenters. The molecule has 0 saturated heterocycles. The Hall–Kier alpha value is -1.70. The van der Waals surface area contributed by atoms with Crippen LogP contribution in [0.4, 0.5) is 0 Å². The second-order valence-corrected chi connectivity index (χ2v) is 5.25. The lowest BCUT2D eigenvalue weighted by Crippen LogP contribution is -2.01. The van der Waals surface area contributed by atoms with E-state index in [1.165, 1.54) is 0 Å². The summed E-state index contributed by atoms with van der Waals surface area (Å²) in [5.41, 5.74) is 2.29. The van der Waals surface area contributed by atoms with Gasteiger partial charge in [-0.2, -0.15) is 5.26 Å². The lowest BCUT2D eigenvalue weighted by Gasteiger charge is -2.13. The van der Waals surface area contributed by atoms with E-state index in [1.807, 2.05) is 18.2 Å². The molecule has 2 aromatic rings. The van der Waals surface area contributed by atoms with Crippen molar-refractivity contribution in [2.24, 2.45) is 0 Å². The van der Waals surface area contributed by atoms with Crippen molar-refractivity contribution in [3.8, 4) is 17.6 Å². The summed E-state index contributed by atoms with van der Waals surface area (Å²) in [7, 11) is 1.59. The van der Waals surface area contributed by atoms with Crippen LogP contribution in [0.3, 0.4) is 0 Å². The Bertz CT molecular complexity index is 682. The molecule has 0 amide bonds. The van der Waals surface area contributed by atoms with Crippen molar-refractivity contribution in [1.29, 1.82) is 5.26 Å². The number of ether oxygens (including phenoxy) is 2. The minimum Gasteiger partial charge on any atom is -0.496 e. The molecule has 0 unspecified atom stereocenters. The predicted molar refractivity (Wildman–Crippen MR) is 86.1 cm³/mol. The first-order valence-electron chi connectivity index (χ1n) is 6.22. The molecule has 0 aliphatic carbocycles. The van der Waals surface area contributed by atoms with Crippen molar-refractivity contribution < 1.29 is 9.47 Å². The van der Waals surface area contributed by atoms with Gasteiger partial charge in [0.2, 0.25) is 0 Å². The minimum atomic E-state index is 0.305. The van der Waals surface area contributed by atoms with E-state index >= 15 is 0 Å². The van der Waals surface area contributed by atoms with Gasteiger partial charge >= 0.3 is 0 Å². The fourth-order valence-corrected chi connectivity index (χ4v) is 2.89. The van der Waals surface area contributed by atoms with E-state index in [2.05, 4.69) is 22.0 Å². The van der Waals surface area contributed by atoms with Gasteiger partial charge in [0, 0.05) is 21.5 Å². The molecule has 0 N–H and O–H groups in total. The van der Waals surface area contributed by atoms with Crippen molar-refractivity contribution in [2.45, 2.75) is 11.9 Å². The molecule has 0 saturated carbocycles. The Kier molecular flexibility index (Phi) is 5.49. The van der Waals surface area contributed by atoms with Gasteiger partial charge in [-0.15, -0.1) is 0 Å². The van der Waals surface area contributed by atoms with E-state index in [9.17, 15) is 0 Å². The highest BCUT2D eigenvalue weighted by Crippen LogP contribution is 2.30. The Labute approximate surface area is 137 Å². The first-order chi connectivity index (χ1) is 10.2. The van der Waals surface area contributed by atoms with Crippen molar-refractivity contribution in [3.63, 3.8) is 0 Å². The zero-order chi connectivity index (χ0) is 15.2. The molecular weight excluding hydrogens is 354 g/mol. The van der Waals surface area contributed by atoms with Crippen molar-refractivity contribution in [3.05, 3.63) is 58.1 Å². The molecule has 0 aromatic heterocycles. The summed E-state index contributed by atoms with van der Waals surface area (Å²) in [5, 5.41) is 10.2. The van der Waals surface area contributed by atoms with Crippen molar-refractivity contribution in [2.75, 3.05) is 7.11 Å². The van der Waals surface area contributed by atoms with Crippen LogP contribution in [-0.4, -0.2) is 7.11 Å². The second kappa shape index (κ2) is 7.35. The number of rotatable bonds is 5. The molecule has 108 valence electrons. The summed E-state index contributed by atoms with van der Waals surface area (Å²) in [6, 6.07) is 12.9. The van der Waals surface area contributed by atoms with Crippen LogP contribution in [-0.2, 0) is 11.9 Å². The standard InChI is InChI=1S/C16H13BrClNO2/c1-20-15-6-5-11(9-19)7-12(15)10-21-16-4-2-3-14(18)13(16)8-17/h2-7H,8,10H2,1H3. The van der Waals surface area contributed by atoms with E-state index in [1.54, 1.807) is 25.3 Å². The number of alkyl halides is 1. The highest BCUT2D eigenvalue weighted by Gasteiger charge is 2.10. The quantitative estimate of drug-likeness (QED) is 0.721. The van der Waals surface area contributed by atoms with Gasteiger partial charge in [0.15, 0.2) is 0 Å². The van der Waals surface area contributed by atoms with E-state index in [0.717, 1.165) is 11.1 Å². The molecule has 0 aliphatic rings. The molecule has 2 rings (SSSR count). The summed E-state index contributed by atoms with van der Waals surface area (Å²) >= 11 is 9.54. The molecule has 0 bridgehead atoms. The number of hydrogen-bond acceptors (Lipinski definition) is 3. The zero-order valence-electron chi connectivity index (χ0n) is 11.4. The fraction of sp³-hybridized carbons (Fsp3) is 0.188. The third kappa shape index (κ3) is 3.69. The van der Waals surface area contributed by atoms with Gasteiger partial charge in [-0.1, -0.05) is 33.6 Å². The van der Waals surface area contributed by atoms with Crippen molar-refractivity contribution in [1.82, 2.24) is 0 Å². The highest BCUT2D eigenvalue weighted by atomic mass is 79.9. The molecule has 5 heteroatoms. The smallest absolute Gasteiger partial charge is 0.125 e. The largest absolute Gasteiger partial charge is 0.496 e. The summed E-state index contributed by atoms with van der Waals surface area (Å²) in [4.78, 5) is 0. The molecule has 21 heavy (non-hydrogen) atoms. The Morgan fingerprint density at radius 2 is 2.05 bits per heavy atom. The first-order valence-corrected chi connectivity index (χ1v) is 7.72. The number of nitrogens with zero attached hydrogens (tertiary/aromatic N) is 1. The third-order valence-corrected chi connectivity index (χ3v) is 3.92. The average Bonchev–Trinajstić information content (AvgIpc) is 2.52. The Morgan fingerprint density at radius 3 is 2.71 bits per heavy atom. The number of methoxy groups -OCH3 is 1. The maximum atomic E-state index is 8.97. The van der Waals surface area contributed by atoms with Crippen LogP contribution in [0.25, 0.3) is 0 Å². The predicted octanol–water partition coefficient (Wildman–Crippen LogP) is 4.69.